The van der Waals surface area contributed by atoms with Gasteiger partial charge in [0.15, 0.2) is 0 Å². The van der Waals surface area contributed by atoms with Gasteiger partial charge in [0.05, 0.1) is 12.2 Å². The van der Waals surface area contributed by atoms with Gasteiger partial charge in [0.2, 0.25) is 0 Å². The molecule has 1 heterocycles. The van der Waals surface area contributed by atoms with E-state index in [1.807, 2.05) is 0 Å². The third-order valence-corrected chi connectivity index (χ3v) is 9.83. The first-order chi connectivity index (χ1) is 14.4. The summed E-state index contributed by atoms with van der Waals surface area (Å²) >= 11 is 0. The monoisotopic (exact) mass is 403 g/mol. The highest BCUT2D eigenvalue weighted by molar-refractivity contribution is 6.09. The van der Waals surface area contributed by atoms with Crippen molar-refractivity contribution in [2.45, 2.75) is 71.0 Å². The summed E-state index contributed by atoms with van der Waals surface area (Å²) in [6.07, 6.45) is 3.93. The summed E-state index contributed by atoms with van der Waals surface area (Å²) in [5.41, 5.74) is 4.76. The molecular formula is C27H33NO2. The summed E-state index contributed by atoms with van der Waals surface area (Å²) in [5.74, 6) is 1.02. The lowest BCUT2D eigenvalue weighted by Crippen LogP contribution is -2.67. The van der Waals surface area contributed by atoms with Crippen LogP contribution < -0.4 is 0 Å². The highest BCUT2D eigenvalue weighted by Crippen LogP contribution is 2.71. The number of aliphatic hydroxyl groups excluding tert-OH is 2. The number of benzene rings is 2. The Hall–Kier alpha value is -1.84. The first-order valence-electron chi connectivity index (χ1n) is 11.8. The third-order valence-electron chi connectivity index (χ3n) is 9.83. The fourth-order valence-corrected chi connectivity index (χ4v) is 8.27. The second-order valence-corrected chi connectivity index (χ2v) is 10.8. The minimum Gasteiger partial charge on any atom is -0.393 e. The Morgan fingerprint density at radius 2 is 1.77 bits per heavy atom. The first-order valence-corrected chi connectivity index (χ1v) is 11.8. The molecule has 3 aliphatic carbocycles. The molecule has 3 aromatic rings. The van der Waals surface area contributed by atoms with Crippen LogP contribution in [0.4, 0.5) is 0 Å². The molecule has 3 N–H and O–H groups in total. The van der Waals surface area contributed by atoms with Crippen molar-refractivity contribution >= 4 is 21.8 Å². The zero-order valence-corrected chi connectivity index (χ0v) is 18.3. The van der Waals surface area contributed by atoms with Gasteiger partial charge < -0.3 is 15.2 Å². The lowest BCUT2D eigenvalue weighted by molar-refractivity contribution is -0.234. The van der Waals surface area contributed by atoms with Crippen LogP contribution in [0.25, 0.3) is 21.8 Å². The SMILES string of the molecule is CC1CC(O)C2(C)C(C)CC[C@@H](O)[C@@]23CCc2ccc4[nH]c5ccccc5c4c2C13. The summed E-state index contributed by atoms with van der Waals surface area (Å²) in [5, 5.41) is 25.7. The number of fused-ring (bicyclic) bond motifs is 6. The van der Waals surface area contributed by atoms with Crippen LogP contribution in [-0.4, -0.2) is 27.4 Å². The van der Waals surface area contributed by atoms with Crippen molar-refractivity contribution in [1.82, 2.24) is 4.98 Å². The Kier molecular flexibility index (Phi) is 3.85. The molecule has 0 saturated heterocycles. The number of rotatable bonds is 0. The molecule has 0 radical (unpaired) electrons. The molecule has 2 saturated carbocycles. The number of aromatic nitrogens is 1. The first kappa shape index (κ1) is 18.9. The highest BCUT2D eigenvalue weighted by Gasteiger charge is 2.68. The van der Waals surface area contributed by atoms with Crippen LogP contribution in [-0.2, 0) is 6.42 Å². The van der Waals surface area contributed by atoms with E-state index in [0.29, 0.717) is 11.8 Å². The number of para-hydroxylation sites is 1. The van der Waals surface area contributed by atoms with Gasteiger partial charge in [-0.3, -0.25) is 0 Å². The van der Waals surface area contributed by atoms with Gasteiger partial charge in [-0.15, -0.1) is 0 Å². The minimum absolute atomic E-state index is 0.256. The maximum absolute atomic E-state index is 11.7. The fourth-order valence-electron chi connectivity index (χ4n) is 8.27. The number of aliphatic hydroxyl groups is 2. The van der Waals surface area contributed by atoms with Crippen molar-refractivity contribution < 1.29 is 10.2 Å². The van der Waals surface area contributed by atoms with Gasteiger partial charge in [-0.1, -0.05) is 45.0 Å². The van der Waals surface area contributed by atoms with Gasteiger partial charge >= 0.3 is 0 Å². The van der Waals surface area contributed by atoms with Crippen LogP contribution in [0.2, 0.25) is 0 Å². The molecule has 0 amide bonds. The average molecular weight is 404 g/mol. The highest BCUT2D eigenvalue weighted by atomic mass is 16.3. The van der Waals surface area contributed by atoms with Crippen LogP contribution in [0.3, 0.4) is 0 Å². The van der Waals surface area contributed by atoms with Crippen molar-refractivity contribution in [2.24, 2.45) is 22.7 Å². The summed E-state index contributed by atoms with van der Waals surface area (Å²) in [4.78, 5) is 3.63. The molecule has 1 spiro atoms. The lowest BCUT2D eigenvalue weighted by atomic mass is 9.37. The third kappa shape index (κ3) is 2.04. The lowest BCUT2D eigenvalue weighted by Gasteiger charge is -2.68. The minimum atomic E-state index is -0.352. The number of aromatic amines is 1. The molecule has 1 aromatic heterocycles. The topological polar surface area (TPSA) is 56.2 Å². The van der Waals surface area contributed by atoms with E-state index in [2.05, 4.69) is 62.2 Å². The van der Waals surface area contributed by atoms with E-state index in [-0.39, 0.29) is 29.0 Å². The molecule has 3 aliphatic rings. The predicted octanol–water partition coefficient (Wildman–Crippen LogP) is 5.54. The van der Waals surface area contributed by atoms with Gasteiger partial charge in [0, 0.05) is 32.6 Å². The maximum atomic E-state index is 11.7. The molecule has 158 valence electrons. The zero-order valence-electron chi connectivity index (χ0n) is 18.3. The molecule has 3 heteroatoms. The Balaban J connectivity index is 1.70. The smallest absolute Gasteiger partial charge is 0.0608 e. The molecule has 30 heavy (non-hydrogen) atoms. The molecule has 0 aliphatic heterocycles. The molecule has 2 aromatic carbocycles. The van der Waals surface area contributed by atoms with E-state index in [1.165, 1.54) is 32.9 Å². The van der Waals surface area contributed by atoms with Gasteiger partial charge in [-0.05, 0) is 73.1 Å². The summed E-state index contributed by atoms with van der Waals surface area (Å²) in [6.45, 7) is 6.92. The Morgan fingerprint density at radius 1 is 0.967 bits per heavy atom. The quantitative estimate of drug-likeness (QED) is 0.462. The molecule has 3 nitrogen and oxygen atoms in total. The van der Waals surface area contributed by atoms with Crippen molar-refractivity contribution in [2.75, 3.05) is 0 Å². The number of H-pyrrole nitrogens is 1. The van der Waals surface area contributed by atoms with E-state index >= 15 is 0 Å². The van der Waals surface area contributed by atoms with Crippen molar-refractivity contribution in [3.63, 3.8) is 0 Å². The Labute approximate surface area is 178 Å². The van der Waals surface area contributed by atoms with Crippen LogP contribution in [0.15, 0.2) is 36.4 Å². The van der Waals surface area contributed by atoms with E-state index in [1.54, 1.807) is 0 Å². The number of nitrogens with one attached hydrogen (secondary N) is 1. The second kappa shape index (κ2) is 6.11. The van der Waals surface area contributed by atoms with E-state index in [0.717, 1.165) is 32.1 Å². The number of aryl methyl sites for hydroxylation is 1. The normalized spacial score (nSPS) is 40.8. The summed E-state index contributed by atoms with van der Waals surface area (Å²) in [7, 11) is 0. The molecule has 0 bridgehead atoms. The Bertz CT molecular complexity index is 1150. The van der Waals surface area contributed by atoms with Crippen molar-refractivity contribution in [1.29, 1.82) is 0 Å². The van der Waals surface area contributed by atoms with Crippen molar-refractivity contribution in [3.8, 4) is 0 Å². The van der Waals surface area contributed by atoms with Crippen LogP contribution in [0, 0.1) is 22.7 Å². The molecule has 5 unspecified atom stereocenters. The summed E-state index contributed by atoms with van der Waals surface area (Å²) < 4.78 is 0. The standard InChI is InChI=1S/C27H33NO2/c1-15-14-22(30)26(3)16(2)8-11-21(29)27(26)13-12-17-9-10-20-24(23(17)25(15)27)18-6-4-5-7-19(18)28-20/h4-7,9-10,15-16,21-22,25,28-30H,8,11-14H2,1-3H3/t15?,16?,21-,22?,25?,26?,27-/m1/s1. The van der Waals surface area contributed by atoms with Gasteiger partial charge in [-0.2, -0.15) is 0 Å². The molecule has 2 fully saturated rings. The molecule has 6 rings (SSSR count). The van der Waals surface area contributed by atoms with Crippen LogP contribution >= 0.6 is 0 Å². The second-order valence-electron chi connectivity index (χ2n) is 10.8. The van der Waals surface area contributed by atoms with E-state index in [4.69, 9.17) is 0 Å². The largest absolute Gasteiger partial charge is 0.393 e. The van der Waals surface area contributed by atoms with Gasteiger partial charge in [-0.25, -0.2) is 0 Å². The van der Waals surface area contributed by atoms with Gasteiger partial charge in [0.25, 0.3) is 0 Å². The van der Waals surface area contributed by atoms with E-state index < -0.39 is 0 Å². The van der Waals surface area contributed by atoms with Crippen molar-refractivity contribution in [3.05, 3.63) is 47.5 Å². The summed E-state index contributed by atoms with van der Waals surface area (Å²) in [6, 6.07) is 13.2. The number of hydrogen-bond acceptors (Lipinski definition) is 2. The van der Waals surface area contributed by atoms with E-state index in [9.17, 15) is 10.2 Å². The van der Waals surface area contributed by atoms with Gasteiger partial charge in [0.1, 0.15) is 0 Å². The maximum Gasteiger partial charge on any atom is 0.0608 e. The fraction of sp³-hybridized carbons (Fsp3) is 0.556. The van der Waals surface area contributed by atoms with Crippen LogP contribution in [0.1, 0.15) is 63.5 Å². The average Bonchev–Trinajstić information content (AvgIpc) is 3.12. The van der Waals surface area contributed by atoms with Crippen LogP contribution in [0.5, 0.6) is 0 Å². The Morgan fingerprint density at radius 3 is 2.60 bits per heavy atom. The molecule has 7 atom stereocenters. The zero-order chi connectivity index (χ0) is 20.8. The number of hydrogen-bond donors (Lipinski definition) is 3. The predicted molar refractivity (Wildman–Crippen MR) is 122 cm³/mol. The molecular weight excluding hydrogens is 370 g/mol.